The van der Waals surface area contributed by atoms with E-state index in [-0.39, 0.29) is 12.0 Å². The van der Waals surface area contributed by atoms with Gasteiger partial charge >= 0.3 is 0 Å². The van der Waals surface area contributed by atoms with Crippen LogP contribution in [0, 0.1) is 0 Å². The second-order valence-electron chi connectivity index (χ2n) is 5.99. The lowest BCUT2D eigenvalue weighted by Gasteiger charge is -2.19. The third-order valence-corrected chi connectivity index (χ3v) is 3.85. The molecular formula is C22H22O. The molecule has 1 heteroatoms. The van der Waals surface area contributed by atoms with Crippen molar-refractivity contribution in [2.75, 3.05) is 0 Å². The molecule has 0 bridgehead atoms. The largest absolute Gasteiger partial charge is 0.491 e. The second-order valence-corrected chi connectivity index (χ2v) is 5.99. The first-order valence-electron chi connectivity index (χ1n) is 8.10. The molecule has 0 amide bonds. The van der Waals surface area contributed by atoms with Crippen LogP contribution in [0.2, 0.25) is 0 Å². The third kappa shape index (κ3) is 3.81. The zero-order chi connectivity index (χ0) is 16.1. The van der Waals surface area contributed by atoms with Gasteiger partial charge in [-0.1, -0.05) is 72.8 Å². The van der Waals surface area contributed by atoms with Gasteiger partial charge in [-0.2, -0.15) is 0 Å². The minimum Gasteiger partial charge on any atom is -0.491 e. The van der Waals surface area contributed by atoms with Gasteiger partial charge in [0.1, 0.15) is 5.75 Å². The number of hydrogen-bond donors (Lipinski definition) is 0. The van der Waals surface area contributed by atoms with Crippen LogP contribution in [0.15, 0.2) is 84.9 Å². The van der Waals surface area contributed by atoms with Crippen molar-refractivity contribution in [1.29, 1.82) is 0 Å². The molecule has 0 aliphatic rings. The smallest absolute Gasteiger partial charge is 0.119 e. The van der Waals surface area contributed by atoms with Gasteiger partial charge < -0.3 is 4.74 Å². The Labute approximate surface area is 138 Å². The molecule has 0 aliphatic carbocycles. The highest BCUT2D eigenvalue weighted by Gasteiger charge is 2.16. The lowest BCUT2D eigenvalue weighted by atomic mass is 9.85. The molecule has 0 atom stereocenters. The Morgan fingerprint density at radius 3 is 1.43 bits per heavy atom. The quantitative estimate of drug-likeness (QED) is 0.553. The molecule has 0 N–H and O–H groups in total. The fourth-order valence-electron chi connectivity index (χ4n) is 2.88. The first-order chi connectivity index (χ1) is 11.2. The predicted molar refractivity (Wildman–Crippen MR) is 96.0 cm³/mol. The van der Waals surface area contributed by atoms with Crippen LogP contribution in [-0.2, 0) is 0 Å². The highest BCUT2D eigenvalue weighted by molar-refractivity contribution is 5.44. The SMILES string of the molecule is CC(C)Oc1ccc(C(c2ccccc2)c2ccccc2)cc1. The van der Waals surface area contributed by atoms with E-state index in [1.807, 2.05) is 13.8 Å². The van der Waals surface area contributed by atoms with E-state index in [4.69, 9.17) is 4.74 Å². The normalized spacial score (nSPS) is 11.0. The van der Waals surface area contributed by atoms with Crippen LogP contribution in [-0.4, -0.2) is 6.10 Å². The summed E-state index contributed by atoms with van der Waals surface area (Å²) in [5, 5.41) is 0. The van der Waals surface area contributed by atoms with Crippen LogP contribution in [0.25, 0.3) is 0 Å². The van der Waals surface area contributed by atoms with Crippen LogP contribution in [0.1, 0.15) is 36.5 Å². The van der Waals surface area contributed by atoms with Crippen molar-refractivity contribution in [2.24, 2.45) is 0 Å². The van der Waals surface area contributed by atoms with E-state index < -0.39 is 0 Å². The highest BCUT2D eigenvalue weighted by Crippen LogP contribution is 2.32. The van der Waals surface area contributed by atoms with E-state index in [1.54, 1.807) is 0 Å². The monoisotopic (exact) mass is 302 g/mol. The molecule has 0 saturated heterocycles. The van der Waals surface area contributed by atoms with Crippen LogP contribution >= 0.6 is 0 Å². The standard InChI is InChI=1S/C22H22O/c1-17(2)23-21-15-13-20(14-16-21)22(18-9-5-3-6-10-18)19-11-7-4-8-12-19/h3-17,22H,1-2H3. The lowest BCUT2D eigenvalue weighted by molar-refractivity contribution is 0.242. The van der Waals surface area contributed by atoms with Crippen molar-refractivity contribution in [3.63, 3.8) is 0 Å². The molecule has 0 fully saturated rings. The molecule has 0 unspecified atom stereocenters. The fourth-order valence-corrected chi connectivity index (χ4v) is 2.88. The van der Waals surface area contributed by atoms with E-state index in [1.165, 1.54) is 16.7 Å². The van der Waals surface area contributed by atoms with Crippen molar-refractivity contribution in [3.8, 4) is 5.75 Å². The van der Waals surface area contributed by atoms with Crippen LogP contribution in [0.3, 0.4) is 0 Å². The van der Waals surface area contributed by atoms with Gasteiger partial charge in [0.15, 0.2) is 0 Å². The van der Waals surface area contributed by atoms with Crippen molar-refractivity contribution in [2.45, 2.75) is 25.9 Å². The number of benzene rings is 3. The summed E-state index contributed by atoms with van der Waals surface area (Å²) in [6, 6.07) is 29.7. The Balaban J connectivity index is 1.99. The van der Waals surface area contributed by atoms with Gasteiger partial charge in [0.05, 0.1) is 6.10 Å². The van der Waals surface area contributed by atoms with Crippen LogP contribution in [0.5, 0.6) is 5.75 Å². The first kappa shape index (κ1) is 15.4. The van der Waals surface area contributed by atoms with E-state index in [0.717, 1.165) is 5.75 Å². The van der Waals surface area contributed by atoms with Gasteiger partial charge in [0.25, 0.3) is 0 Å². The van der Waals surface area contributed by atoms with Gasteiger partial charge in [0.2, 0.25) is 0 Å². The maximum Gasteiger partial charge on any atom is 0.119 e. The Bertz CT molecular complexity index is 675. The second kappa shape index (κ2) is 7.15. The molecule has 0 spiro atoms. The molecule has 23 heavy (non-hydrogen) atoms. The van der Waals surface area contributed by atoms with Crippen molar-refractivity contribution < 1.29 is 4.74 Å². The topological polar surface area (TPSA) is 9.23 Å². The zero-order valence-electron chi connectivity index (χ0n) is 13.6. The molecule has 0 aromatic heterocycles. The summed E-state index contributed by atoms with van der Waals surface area (Å²) in [4.78, 5) is 0. The van der Waals surface area contributed by atoms with E-state index in [2.05, 4.69) is 84.9 Å². The summed E-state index contributed by atoms with van der Waals surface area (Å²) in [6.07, 6.45) is 0.194. The van der Waals surface area contributed by atoms with Gasteiger partial charge in [0, 0.05) is 5.92 Å². The Morgan fingerprint density at radius 1 is 0.565 bits per heavy atom. The zero-order valence-corrected chi connectivity index (χ0v) is 13.6. The number of rotatable bonds is 5. The number of hydrogen-bond acceptors (Lipinski definition) is 1. The molecule has 116 valence electrons. The highest BCUT2D eigenvalue weighted by atomic mass is 16.5. The Hall–Kier alpha value is -2.54. The van der Waals surface area contributed by atoms with Crippen molar-refractivity contribution in [1.82, 2.24) is 0 Å². The third-order valence-electron chi connectivity index (χ3n) is 3.85. The van der Waals surface area contributed by atoms with Crippen molar-refractivity contribution >= 4 is 0 Å². The predicted octanol–water partition coefficient (Wildman–Crippen LogP) is 5.65. The van der Waals surface area contributed by atoms with Crippen molar-refractivity contribution in [3.05, 3.63) is 102 Å². The summed E-state index contributed by atoms with van der Waals surface area (Å²) in [5.41, 5.74) is 3.88. The van der Waals surface area contributed by atoms with E-state index in [0.29, 0.717) is 0 Å². The molecular weight excluding hydrogens is 280 g/mol. The maximum atomic E-state index is 5.76. The summed E-state index contributed by atoms with van der Waals surface area (Å²) >= 11 is 0. The summed E-state index contributed by atoms with van der Waals surface area (Å²) in [7, 11) is 0. The summed E-state index contributed by atoms with van der Waals surface area (Å²) in [6.45, 7) is 4.09. The average Bonchev–Trinajstić information content (AvgIpc) is 2.58. The van der Waals surface area contributed by atoms with Crippen LogP contribution < -0.4 is 4.74 Å². The van der Waals surface area contributed by atoms with Gasteiger partial charge in [-0.25, -0.2) is 0 Å². The Kier molecular flexibility index (Phi) is 4.77. The van der Waals surface area contributed by atoms with E-state index >= 15 is 0 Å². The molecule has 0 saturated carbocycles. The lowest BCUT2D eigenvalue weighted by Crippen LogP contribution is -2.06. The minimum absolute atomic E-state index is 0.194. The molecule has 3 aromatic carbocycles. The molecule has 0 heterocycles. The van der Waals surface area contributed by atoms with Crippen LogP contribution in [0.4, 0.5) is 0 Å². The van der Waals surface area contributed by atoms with Gasteiger partial charge in [-0.3, -0.25) is 0 Å². The Morgan fingerprint density at radius 2 is 1.00 bits per heavy atom. The molecule has 3 aromatic rings. The molecule has 0 aliphatic heterocycles. The average molecular weight is 302 g/mol. The summed E-state index contributed by atoms with van der Waals surface area (Å²) < 4.78 is 5.76. The van der Waals surface area contributed by atoms with Gasteiger partial charge in [-0.05, 0) is 42.7 Å². The number of ether oxygens (including phenoxy) is 1. The molecule has 3 rings (SSSR count). The molecule has 1 nitrogen and oxygen atoms in total. The van der Waals surface area contributed by atoms with E-state index in [9.17, 15) is 0 Å². The maximum absolute atomic E-state index is 5.76. The fraction of sp³-hybridized carbons (Fsp3) is 0.182. The minimum atomic E-state index is 0.194. The van der Waals surface area contributed by atoms with Gasteiger partial charge in [-0.15, -0.1) is 0 Å². The first-order valence-corrected chi connectivity index (χ1v) is 8.10. The summed E-state index contributed by atoms with van der Waals surface area (Å²) in [5.74, 6) is 1.16. The molecule has 0 radical (unpaired) electrons.